The number of rotatable bonds is 4. The summed E-state index contributed by atoms with van der Waals surface area (Å²) in [5.41, 5.74) is 0. The number of nitrogens with zero attached hydrogens (tertiary/aromatic N) is 1. The molecule has 1 amide bonds. The van der Waals surface area contributed by atoms with Crippen molar-refractivity contribution in [1.29, 1.82) is 5.26 Å². The largest absolute Gasteiger partial charge is 0.504 e. The van der Waals surface area contributed by atoms with Crippen molar-refractivity contribution < 1.29 is 14.6 Å². The van der Waals surface area contributed by atoms with E-state index in [0.717, 1.165) is 10.8 Å². The molecule has 5 heteroatoms. The van der Waals surface area contributed by atoms with E-state index in [1.165, 1.54) is 0 Å². The molecule has 0 heterocycles. The molecule has 0 saturated heterocycles. The van der Waals surface area contributed by atoms with Crippen LogP contribution in [0.3, 0.4) is 0 Å². The highest BCUT2D eigenvalue weighted by Gasteiger charge is 2.07. The van der Waals surface area contributed by atoms with Gasteiger partial charge >= 0.3 is 0 Å². The van der Waals surface area contributed by atoms with Crippen LogP contribution in [0.5, 0.6) is 11.5 Å². The van der Waals surface area contributed by atoms with Gasteiger partial charge in [-0.3, -0.25) is 4.79 Å². The Bertz CT molecular complexity index is 647. The van der Waals surface area contributed by atoms with Gasteiger partial charge in [0.15, 0.2) is 18.1 Å². The fourth-order valence-corrected chi connectivity index (χ4v) is 1.66. The summed E-state index contributed by atoms with van der Waals surface area (Å²) in [6, 6.07) is 12.6. The molecule has 0 aliphatic rings. The molecule has 0 bridgehead atoms. The predicted molar refractivity (Wildman–Crippen MR) is 69.7 cm³/mol. The highest BCUT2D eigenvalue weighted by atomic mass is 16.5. The van der Waals surface area contributed by atoms with E-state index >= 15 is 0 Å². The van der Waals surface area contributed by atoms with Crippen LogP contribution >= 0.6 is 0 Å². The first-order valence-electron chi connectivity index (χ1n) is 5.69. The maximum Gasteiger partial charge on any atom is 0.258 e. The fraction of sp³-hybridized carbons (Fsp3) is 0.143. The van der Waals surface area contributed by atoms with Crippen molar-refractivity contribution >= 4 is 16.7 Å². The van der Waals surface area contributed by atoms with Gasteiger partial charge in [0.25, 0.3) is 5.91 Å². The zero-order chi connectivity index (χ0) is 13.7. The van der Waals surface area contributed by atoms with Crippen molar-refractivity contribution in [2.45, 2.75) is 0 Å². The first kappa shape index (κ1) is 12.7. The molecule has 0 radical (unpaired) electrons. The molecular formula is C14H12N2O3. The number of aromatic hydroxyl groups is 1. The first-order valence-corrected chi connectivity index (χ1v) is 5.69. The number of ether oxygens (including phenoxy) is 1. The van der Waals surface area contributed by atoms with Crippen LogP contribution in [0.4, 0.5) is 0 Å². The average molecular weight is 256 g/mol. The number of amides is 1. The normalized spacial score (nSPS) is 9.84. The highest BCUT2D eigenvalue weighted by Crippen LogP contribution is 2.31. The van der Waals surface area contributed by atoms with Gasteiger partial charge in [0.05, 0.1) is 6.07 Å². The third-order valence-electron chi connectivity index (χ3n) is 2.55. The molecule has 0 saturated carbocycles. The van der Waals surface area contributed by atoms with Crippen molar-refractivity contribution in [3.8, 4) is 17.6 Å². The quantitative estimate of drug-likeness (QED) is 0.813. The van der Waals surface area contributed by atoms with Gasteiger partial charge in [0, 0.05) is 0 Å². The minimum absolute atomic E-state index is 0.0215. The summed E-state index contributed by atoms with van der Waals surface area (Å²) in [6.45, 7) is -0.306. The van der Waals surface area contributed by atoms with Gasteiger partial charge in [0.1, 0.15) is 6.54 Å². The SMILES string of the molecule is N#CCNC(=O)COc1cc2ccccc2cc1O. The molecule has 19 heavy (non-hydrogen) atoms. The molecule has 0 aromatic heterocycles. The minimum atomic E-state index is -0.408. The van der Waals surface area contributed by atoms with Crippen LogP contribution < -0.4 is 10.1 Å². The summed E-state index contributed by atoms with van der Waals surface area (Å²) >= 11 is 0. The monoisotopic (exact) mass is 256 g/mol. The van der Waals surface area contributed by atoms with Gasteiger partial charge in [-0.25, -0.2) is 0 Å². The molecule has 0 atom stereocenters. The van der Waals surface area contributed by atoms with Crippen molar-refractivity contribution in [2.75, 3.05) is 13.2 Å². The standard InChI is InChI=1S/C14H12N2O3/c15-5-6-16-14(18)9-19-13-8-11-4-2-1-3-10(11)7-12(13)17/h1-4,7-8,17H,6,9H2,(H,16,18). The number of hydrogen-bond donors (Lipinski definition) is 2. The molecule has 2 aromatic rings. The van der Waals surface area contributed by atoms with Crippen LogP contribution in [0.1, 0.15) is 0 Å². The van der Waals surface area contributed by atoms with Crippen LogP contribution in [0, 0.1) is 11.3 Å². The predicted octanol–water partition coefficient (Wildman–Crippen LogP) is 1.56. The van der Waals surface area contributed by atoms with Crippen molar-refractivity contribution in [3.05, 3.63) is 36.4 Å². The Morgan fingerprint density at radius 1 is 1.32 bits per heavy atom. The molecular weight excluding hydrogens is 244 g/mol. The molecule has 0 spiro atoms. The smallest absolute Gasteiger partial charge is 0.258 e. The van der Waals surface area contributed by atoms with E-state index in [9.17, 15) is 9.90 Å². The second kappa shape index (κ2) is 5.74. The molecule has 2 N–H and O–H groups in total. The maximum absolute atomic E-state index is 11.3. The number of benzene rings is 2. The zero-order valence-electron chi connectivity index (χ0n) is 10.1. The third-order valence-corrected chi connectivity index (χ3v) is 2.55. The molecule has 0 fully saturated rings. The Hall–Kier alpha value is -2.74. The van der Waals surface area contributed by atoms with Gasteiger partial charge in [-0.15, -0.1) is 0 Å². The second-order valence-electron chi connectivity index (χ2n) is 3.89. The topological polar surface area (TPSA) is 82.4 Å². The van der Waals surface area contributed by atoms with Gasteiger partial charge in [-0.05, 0) is 22.9 Å². The van der Waals surface area contributed by atoms with Crippen LogP contribution in [-0.4, -0.2) is 24.2 Å². The molecule has 0 aliphatic heterocycles. The molecule has 2 aromatic carbocycles. The zero-order valence-corrected chi connectivity index (χ0v) is 10.1. The van der Waals surface area contributed by atoms with Gasteiger partial charge in [0.2, 0.25) is 0 Å². The van der Waals surface area contributed by atoms with E-state index in [1.807, 2.05) is 24.3 Å². The van der Waals surface area contributed by atoms with E-state index in [0.29, 0.717) is 0 Å². The Labute approximate surface area is 110 Å². The van der Waals surface area contributed by atoms with E-state index in [4.69, 9.17) is 10.00 Å². The lowest BCUT2D eigenvalue weighted by Crippen LogP contribution is -2.29. The molecule has 0 unspecified atom stereocenters. The lowest BCUT2D eigenvalue weighted by Gasteiger charge is -2.09. The molecule has 0 aliphatic carbocycles. The lowest BCUT2D eigenvalue weighted by atomic mass is 10.1. The third kappa shape index (κ3) is 3.13. The van der Waals surface area contributed by atoms with Gasteiger partial charge in [-0.2, -0.15) is 5.26 Å². The van der Waals surface area contributed by atoms with Crippen molar-refractivity contribution in [2.24, 2.45) is 0 Å². The molecule has 2 rings (SSSR count). The fourth-order valence-electron chi connectivity index (χ4n) is 1.66. The highest BCUT2D eigenvalue weighted by molar-refractivity contribution is 5.86. The Balaban J connectivity index is 2.10. The summed E-state index contributed by atoms with van der Waals surface area (Å²) in [5.74, 6) is -0.188. The molecule has 96 valence electrons. The Morgan fingerprint density at radius 3 is 2.68 bits per heavy atom. The number of phenolic OH excluding ortho intramolecular Hbond substituents is 1. The van der Waals surface area contributed by atoms with Gasteiger partial charge < -0.3 is 15.2 Å². The summed E-state index contributed by atoms with van der Waals surface area (Å²) in [6.07, 6.45) is 0. The number of fused-ring (bicyclic) bond motifs is 1. The number of carbonyl (C=O) groups is 1. The van der Waals surface area contributed by atoms with E-state index in [-0.39, 0.29) is 24.7 Å². The Morgan fingerprint density at radius 2 is 2.00 bits per heavy atom. The second-order valence-corrected chi connectivity index (χ2v) is 3.89. The number of nitrogens with one attached hydrogen (secondary N) is 1. The number of nitriles is 1. The van der Waals surface area contributed by atoms with Crippen molar-refractivity contribution in [1.82, 2.24) is 5.32 Å². The van der Waals surface area contributed by atoms with Crippen LogP contribution in [0.25, 0.3) is 10.8 Å². The summed E-state index contributed by atoms with van der Waals surface area (Å²) in [5, 5.41) is 22.3. The summed E-state index contributed by atoms with van der Waals surface area (Å²) < 4.78 is 5.23. The number of phenols is 1. The Kier molecular flexibility index (Phi) is 3.84. The first-order chi connectivity index (χ1) is 9.20. The maximum atomic E-state index is 11.3. The van der Waals surface area contributed by atoms with Crippen LogP contribution in [-0.2, 0) is 4.79 Å². The van der Waals surface area contributed by atoms with E-state index < -0.39 is 5.91 Å². The van der Waals surface area contributed by atoms with Crippen molar-refractivity contribution in [3.63, 3.8) is 0 Å². The lowest BCUT2D eigenvalue weighted by molar-refractivity contribution is -0.122. The van der Waals surface area contributed by atoms with Gasteiger partial charge in [-0.1, -0.05) is 24.3 Å². The van der Waals surface area contributed by atoms with Crippen LogP contribution in [0.2, 0.25) is 0 Å². The van der Waals surface area contributed by atoms with Crippen LogP contribution in [0.15, 0.2) is 36.4 Å². The van der Waals surface area contributed by atoms with E-state index in [2.05, 4.69) is 5.32 Å². The summed E-state index contributed by atoms with van der Waals surface area (Å²) in [7, 11) is 0. The number of hydrogen-bond acceptors (Lipinski definition) is 4. The summed E-state index contributed by atoms with van der Waals surface area (Å²) in [4.78, 5) is 11.3. The minimum Gasteiger partial charge on any atom is -0.504 e. The average Bonchev–Trinajstić information content (AvgIpc) is 2.42. The van der Waals surface area contributed by atoms with E-state index in [1.54, 1.807) is 18.2 Å². The molecule has 5 nitrogen and oxygen atoms in total. The number of carbonyl (C=O) groups excluding carboxylic acids is 1.